The lowest BCUT2D eigenvalue weighted by Gasteiger charge is -1.99. The zero-order valence-corrected chi connectivity index (χ0v) is 6.75. The van der Waals surface area contributed by atoms with E-state index in [4.69, 9.17) is 5.73 Å². The smallest absolute Gasteiger partial charge is 0.0349 e. The predicted molar refractivity (Wildman–Crippen MR) is 49.4 cm³/mol. The molecular formula is C10H13N. The van der Waals surface area contributed by atoms with Crippen molar-refractivity contribution in [1.29, 1.82) is 0 Å². The molecule has 1 aromatic carbocycles. The van der Waals surface area contributed by atoms with Crippen LogP contribution >= 0.6 is 0 Å². The van der Waals surface area contributed by atoms with Crippen LogP contribution in [0, 0.1) is 0 Å². The van der Waals surface area contributed by atoms with Gasteiger partial charge in [-0.3, -0.25) is 0 Å². The lowest BCUT2D eigenvalue weighted by Crippen LogP contribution is -1.91. The van der Waals surface area contributed by atoms with E-state index in [0.717, 1.165) is 12.1 Å². The third kappa shape index (κ3) is 2.11. The number of allylic oxidation sites excluding steroid dienone is 2. The Morgan fingerprint density at radius 3 is 2.73 bits per heavy atom. The molecule has 0 atom stereocenters. The third-order valence-electron chi connectivity index (χ3n) is 1.63. The highest BCUT2D eigenvalue weighted by molar-refractivity contribution is 5.47. The van der Waals surface area contributed by atoms with Gasteiger partial charge in [-0.15, -0.1) is 0 Å². The third-order valence-corrected chi connectivity index (χ3v) is 1.63. The van der Waals surface area contributed by atoms with Gasteiger partial charge in [0.2, 0.25) is 0 Å². The molecule has 1 rings (SSSR count). The van der Waals surface area contributed by atoms with Gasteiger partial charge in [0.25, 0.3) is 0 Å². The summed E-state index contributed by atoms with van der Waals surface area (Å²) in [5.74, 6) is 0. The van der Waals surface area contributed by atoms with Gasteiger partial charge < -0.3 is 5.73 Å². The summed E-state index contributed by atoms with van der Waals surface area (Å²) in [4.78, 5) is 0. The molecule has 0 amide bonds. The van der Waals surface area contributed by atoms with Gasteiger partial charge in [0.15, 0.2) is 0 Å². The number of benzene rings is 1. The first-order valence-corrected chi connectivity index (χ1v) is 3.79. The molecule has 0 unspecified atom stereocenters. The first-order valence-electron chi connectivity index (χ1n) is 3.79. The van der Waals surface area contributed by atoms with Crippen molar-refractivity contribution in [1.82, 2.24) is 0 Å². The Balaban J connectivity index is 2.77. The molecule has 2 N–H and O–H groups in total. The predicted octanol–water partition coefficient (Wildman–Crippen LogP) is 2.39. The number of hydrogen-bond acceptors (Lipinski definition) is 1. The minimum Gasteiger partial charge on any atom is -0.398 e. The fourth-order valence-electron chi connectivity index (χ4n) is 0.965. The van der Waals surface area contributed by atoms with Gasteiger partial charge in [0, 0.05) is 5.69 Å². The van der Waals surface area contributed by atoms with Gasteiger partial charge in [-0.2, -0.15) is 0 Å². The maximum Gasteiger partial charge on any atom is 0.0349 e. The van der Waals surface area contributed by atoms with Crippen molar-refractivity contribution in [3.8, 4) is 0 Å². The van der Waals surface area contributed by atoms with Crippen molar-refractivity contribution >= 4 is 5.69 Å². The second-order valence-corrected chi connectivity index (χ2v) is 2.47. The summed E-state index contributed by atoms with van der Waals surface area (Å²) in [6, 6.07) is 7.94. The van der Waals surface area contributed by atoms with Crippen LogP contribution in [0.25, 0.3) is 0 Å². The van der Waals surface area contributed by atoms with Crippen molar-refractivity contribution in [3.63, 3.8) is 0 Å². The van der Waals surface area contributed by atoms with Crippen molar-refractivity contribution in [2.24, 2.45) is 0 Å². The number of anilines is 1. The van der Waals surface area contributed by atoms with E-state index in [0.29, 0.717) is 0 Å². The second-order valence-electron chi connectivity index (χ2n) is 2.47. The molecule has 0 radical (unpaired) electrons. The van der Waals surface area contributed by atoms with E-state index in [2.05, 4.69) is 12.1 Å². The second kappa shape index (κ2) is 3.81. The maximum atomic E-state index is 5.73. The van der Waals surface area contributed by atoms with E-state index >= 15 is 0 Å². The van der Waals surface area contributed by atoms with Crippen LogP contribution < -0.4 is 5.73 Å². The van der Waals surface area contributed by atoms with Gasteiger partial charge in [0.05, 0.1) is 0 Å². The van der Waals surface area contributed by atoms with Crippen LogP contribution in [-0.2, 0) is 6.42 Å². The van der Waals surface area contributed by atoms with Gasteiger partial charge in [-0.05, 0) is 25.0 Å². The molecule has 1 nitrogen and oxygen atoms in total. The van der Waals surface area contributed by atoms with Crippen molar-refractivity contribution < 1.29 is 0 Å². The fourth-order valence-corrected chi connectivity index (χ4v) is 0.965. The number of para-hydroxylation sites is 1. The Kier molecular flexibility index (Phi) is 2.73. The lowest BCUT2D eigenvalue weighted by atomic mass is 10.1. The van der Waals surface area contributed by atoms with E-state index in [1.165, 1.54) is 5.56 Å². The summed E-state index contributed by atoms with van der Waals surface area (Å²) in [5, 5.41) is 0. The minimum atomic E-state index is 0.880. The SMILES string of the molecule is CC=CCc1ccccc1N. The highest BCUT2D eigenvalue weighted by Gasteiger charge is 1.92. The van der Waals surface area contributed by atoms with Crippen LogP contribution in [0.1, 0.15) is 12.5 Å². The van der Waals surface area contributed by atoms with E-state index in [9.17, 15) is 0 Å². The monoisotopic (exact) mass is 147 g/mol. The number of nitrogen functional groups attached to an aromatic ring is 1. The summed E-state index contributed by atoms with van der Waals surface area (Å²) in [6.07, 6.45) is 5.07. The summed E-state index contributed by atoms with van der Waals surface area (Å²) in [6.45, 7) is 2.01. The minimum absolute atomic E-state index is 0.880. The van der Waals surface area contributed by atoms with Crippen molar-refractivity contribution in [3.05, 3.63) is 42.0 Å². The number of rotatable bonds is 2. The van der Waals surface area contributed by atoms with Gasteiger partial charge in [-0.25, -0.2) is 0 Å². The zero-order chi connectivity index (χ0) is 8.10. The van der Waals surface area contributed by atoms with Gasteiger partial charge in [0.1, 0.15) is 0 Å². The normalized spacial score (nSPS) is 10.6. The molecule has 0 aliphatic rings. The topological polar surface area (TPSA) is 26.0 Å². The molecule has 0 aliphatic heterocycles. The molecule has 0 fully saturated rings. The Hall–Kier alpha value is -1.24. The Labute approximate surface area is 67.5 Å². The van der Waals surface area contributed by atoms with Crippen LogP contribution in [0.3, 0.4) is 0 Å². The molecule has 0 aliphatic carbocycles. The van der Waals surface area contributed by atoms with Crippen LogP contribution in [0.15, 0.2) is 36.4 Å². The highest BCUT2D eigenvalue weighted by atomic mass is 14.5. The summed E-state index contributed by atoms with van der Waals surface area (Å²) >= 11 is 0. The van der Waals surface area contributed by atoms with E-state index < -0.39 is 0 Å². The van der Waals surface area contributed by atoms with Crippen LogP contribution in [-0.4, -0.2) is 0 Å². The zero-order valence-electron chi connectivity index (χ0n) is 6.75. The summed E-state index contributed by atoms with van der Waals surface area (Å²) < 4.78 is 0. The average molecular weight is 147 g/mol. The molecule has 0 heterocycles. The number of hydrogen-bond donors (Lipinski definition) is 1. The van der Waals surface area contributed by atoms with Crippen LogP contribution in [0.5, 0.6) is 0 Å². The Morgan fingerprint density at radius 2 is 2.09 bits per heavy atom. The van der Waals surface area contributed by atoms with Crippen LogP contribution in [0.4, 0.5) is 5.69 Å². The van der Waals surface area contributed by atoms with E-state index in [1.54, 1.807) is 0 Å². The quantitative estimate of drug-likeness (QED) is 0.504. The molecule has 0 saturated heterocycles. The molecular weight excluding hydrogens is 134 g/mol. The summed E-state index contributed by atoms with van der Waals surface area (Å²) in [7, 11) is 0. The molecule has 0 saturated carbocycles. The molecule has 1 aromatic rings. The van der Waals surface area contributed by atoms with Crippen LogP contribution in [0.2, 0.25) is 0 Å². The molecule has 1 heteroatoms. The fraction of sp³-hybridized carbons (Fsp3) is 0.200. The number of nitrogens with two attached hydrogens (primary N) is 1. The van der Waals surface area contributed by atoms with Gasteiger partial charge >= 0.3 is 0 Å². The van der Waals surface area contributed by atoms with E-state index in [-0.39, 0.29) is 0 Å². The Morgan fingerprint density at radius 1 is 1.36 bits per heavy atom. The standard InChI is InChI=1S/C10H13N/c1-2-3-6-9-7-4-5-8-10(9)11/h2-5,7-8H,6,11H2,1H3. The summed E-state index contributed by atoms with van der Waals surface area (Å²) in [5.41, 5.74) is 7.81. The molecule has 11 heavy (non-hydrogen) atoms. The Bertz CT molecular complexity index is 251. The highest BCUT2D eigenvalue weighted by Crippen LogP contribution is 2.10. The molecule has 0 bridgehead atoms. The first-order chi connectivity index (χ1) is 5.34. The first kappa shape index (κ1) is 7.86. The molecule has 0 spiro atoms. The lowest BCUT2D eigenvalue weighted by molar-refractivity contribution is 1.27. The molecule has 58 valence electrons. The van der Waals surface area contributed by atoms with E-state index in [1.807, 2.05) is 31.2 Å². The van der Waals surface area contributed by atoms with Gasteiger partial charge in [-0.1, -0.05) is 30.4 Å². The van der Waals surface area contributed by atoms with Crippen molar-refractivity contribution in [2.75, 3.05) is 5.73 Å². The molecule has 0 aromatic heterocycles. The largest absolute Gasteiger partial charge is 0.398 e. The van der Waals surface area contributed by atoms with Crippen molar-refractivity contribution in [2.45, 2.75) is 13.3 Å². The maximum absolute atomic E-state index is 5.73. The average Bonchev–Trinajstić information content (AvgIpc) is 2.03.